The summed E-state index contributed by atoms with van der Waals surface area (Å²) in [5, 5.41) is 0. The van der Waals surface area contributed by atoms with Gasteiger partial charge in [0.1, 0.15) is 6.10 Å². The maximum Gasteiger partial charge on any atom is 0.330 e. The highest BCUT2D eigenvalue weighted by Crippen LogP contribution is 2.35. The molecule has 0 amide bonds. The molecule has 3 heteroatoms. The highest BCUT2D eigenvalue weighted by molar-refractivity contribution is 5.82. The van der Waals surface area contributed by atoms with E-state index in [4.69, 9.17) is 4.74 Å². The molecule has 0 radical (unpaired) electrons. The van der Waals surface area contributed by atoms with Gasteiger partial charge in [0, 0.05) is 12.6 Å². The Morgan fingerprint density at radius 1 is 1.29 bits per heavy atom. The zero-order chi connectivity index (χ0) is 15.2. The van der Waals surface area contributed by atoms with Gasteiger partial charge in [-0.2, -0.15) is 0 Å². The summed E-state index contributed by atoms with van der Waals surface area (Å²) in [5.74, 6) is 1.63. The topological polar surface area (TPSA) is 29.5 Å². The van der Waals surface area contributed by atoms with Crippen molar-refractivity contribution in [2.75, 3.05) is 19.6 Å². The van der Waals surface area contributed by atoms with Crippen LogP contribution >= 0.6 is 0 Å². The van der Waals surface area contributed by atoms with Crippen molar-refractivity contribution in [1.82, 2.24) is 4.90 Å². The summed E-state index contributed by atoms with van der Waals surface area (Å²) in [7, 11) is 0. The van der Waals surface area contributed by atoms with Gasteiger partial charge in [-0.05, 0) is 56.5 Å². The number of ether oxygens (including phenoxy) is 1. The van der Waals surface area contributed by atoms with Crippen LogP contribution in [0.2, 0.25) is 0 Å². The largest absolute Gasteiger partial charge is 0.459 e. The van der Waals surface area contributed by atoms with Crippen molar-refractivity contribution in [3.8, 4) is 0 Å². The van der Waals surface area contributed by atoms with Crippen LogP contribution in [0.3, 0.4) is 0 Å². The fraction of sp³-hybridized carbons (Fsp3) is 0.833. The van der Waals surface area contributed by atoms with E-state index in [0.717, 1.165) is 26.1 Å². The van der Waals surface area contributed by atoms with Crippen LogP contribution in [-0.2, 0) is 9.53 Å². The van der Waals surface area contributed by atoms with E-state index in [2.05, 4.69) is 25.7 Å². The Hall–Kier alpha value is -0.830. The molecule has 3 nitrogen and oxygen atoms in total. The van der Waals surface area contributed by atoms with Crippen molar-refractivity contribution < 1.29 is 9.53 Å². The van der Waals surface area contributed by atoms with Crippen LogP contribution in [0.15, 0.2) is 12.2 Å². The standard InChI is InChI=1S/C18H31NO2/c1-14(2)16-9-8-15(3)13-17(16)21-18(20)7-6-12-19-10-4-5-11-19/h6-7,14-17H,4-5,8-13H2,1-3H3/b7-6+/t15-,16+,17-/m1/s1. The molecule has 0 aromatic rings. The molecular weight excluding hydrogens is 262 g/mol. The number of hydrogen-bond donors (Lipinski definition) is 0. The van der Waals surface area contributed by atoms with Gasteiger partial charge in [0.05, 0.1) is 0 Å². The molecule has 2 rings (SSSR count). The van der Waals surface area contributed by atoms with Gasteiger partial charge in [0.15, 0.2) is 0 Å². The summed E-state index contributed by atoms with van der Waals surface area (Å²) in [6.07, 6.45) is 9.75. The molecule has 120 valence electrons. The third-order valence-corrected chi connectivity index (χ3v) is 5.05. The lowest BCUT2D eigenvalue weighted by Gasteiger charge is -2.36. The maximum absolute atomic E-state index is 12.0. The summed E-state index contributed by atoms with van der Waals surface area (Å²) in [6, 6.07) is 0. The molecule has 0 N–H and O–H groups in total. The van der Waals surface area contributed by atoms with Gasteiger partial charge in [-0.1, -0.05) is 33.3 Å². The Morgan fingerprint density at radius 2 is 2.00 bits per heavy atom. The highest BCUT2D eigenvalue weighted by Gasteiger charge is 2.32. The van der Waals surface area contributed by atoms with Crippen LogP contribution in [-0.4, -0.2) is 36.6 Å². The van der Waals surface area contributed by atoms with Crippen molar-refractivity contribution in [2.45, 2.75) is 59.0 Å². The normalized spacial score (nSPS) is 31.1. The minimum absolute atomic E-state index is 0.109. The lowest BCUT2D eigenvalue weighted by Crippen LogP contribution is -2.35. The third kappa shape index (κ3) is 5.14. The Morgan fingerprint density at radius 3 is 2.67 bits per heavy atom. The van der Waals surface area contributed by atoms with E-state index in [1.165, 1.54) is 25.7 Å². The van der Waals surface area contributed by atoms with Gasteiger partial charge in [0.25, 0.3) is 0 Å². The van der Waals surface area contributed by atoms with Crippen molar-refractivity contribution >= 4 is 5.97 Å². The van der Waals surface area contributed by atoms with Gasteiger partial charge in [-0.25, -0.2) is 4.79 Å². The monoisotopic (exact) mass is 293 g/mol. The minimum atomic E-state index is -0.154. The first kappa shape index (κ1) is 16.5. The number of hydrogen-bond acceptors (Lipinski definition) is 3. The third-order valence-electron chi connectivity index (χ3n) is 5.05. The molecule has 1 heterocycles. The van der Waals surface area contributed by atoms with Crippen molar-refractivity contribution in [3.63, 3.8) is 0 Å². The molecule has 1 aliphatic heterocycles. The van der Waals surface area contributed by atoms with Crippen LogP contribution in [0, 0.1) is 17.8 Å². The number of nitrogens with zero attached hydrogens (tertiary/aromatic N) is 1. The minimum Gasteiger partial charge on any atom is -0.459 e. The molecule has 21 heavy (non-hydrogen) atoms. The van der Waals surface area contributed by atoms with Gasteiger partial charge >= 0.3 is 5.97 Å². The molecular formula is C18H31NO2. The average molecular weight is 293 g/mol. The van der Waals surface area contributed by atoms with Gasteiger partial charge in [0.2, 0.25) is 0 Å². The van der Waals surface area contributed by atoms with E-state index in [9.17, 15) is 4.79 Å². The van der Waals surface area contributed by atoms with Gasteiger partial charge in [-0.3, -0.25) is 4.90 Å². The summed E-state index contributed by atoms with van der Waals surface area (Å²) < 4.78 is 5.76. The smallest absolute Gasteiger partial charge is 0.330 e. The van der Waals surface area contributed by atoms with Crippen LogP contribution < -0.4 is 0 Å². The summed E-state index contributed by atoms with van der Waals surface area (Å²) in [4.78, 5) is 14.4. The second-order valence-electron chi connectivity index (χ2n) is 7.21. The van der Waals surface area contributed by atoms with E-state index in [-0.39, 0.29) is 12.1 Å². The fourth-order valence-electron chi connectivity index (χ4n) is 3.70. The molecule has 2 fully saturated rings. The Balaban J connectivity index is 1.80. The lowest BCUT2D eigenvalue weighted by atomic mass is 9.75. The molecule has 0 aromatic heterocycles. The number of carbonyl (C=O) groups excluding carboxylic acids is 1. The van der Waals surface area contributed by atoms with Crippen molar-refractivity contribution in [2.24, 2.45) is 17.8 Å². The number of esters is 1. The van der Waals surface area contributed by atoms with Crippen LogP contribution in [0.1, 0.15) is 52.9 Å². The Bertz CT molecular complexity index is 358. The number of carbonyl (C=O) groups is 1. The van der Waals surface area contributed by atoms with Gasteiger partial charge < -0.3 is 4.74 Å². The lowest BCUT2D eigenvalue weighted by molar-refractivity contribution is -0.149. The second kappa shape index (κ2) is 7.98. The fourth-order valence-corrected chi connectivity index (χ4v) is 3.70. The molecule has 0 spiro atoms. The Kier molecular flexibility index (Phi) is 6.28. The quantitative estimate of drug-likeness (QED) is 0.572. The molecule has 1 aliphatic carbocycles. The predicted octanol–water partition coefficient (Wildman–Crippen LogP) is 3.64. The first-order chi connectivity index (χ1) is 10.1. The van der Waals surface area contributed by atoms with Gasteiger partial charge in [-0.15, -0.1) is 0 Å². The van der Waals surface area contributed by atoms with Crippen LogP contribution in [0.25, 0.3) is 0 Å². The first-order valence-electron chi connectivity index (χ1n) is 8.65. The molecule has 1 saturated carbocycles. The zero-order valence-corrected chi connectivity index (χ0v) is 13.9. The Labute approximate surface area is 129 Å². The van der Waals surface area contributed by atoms with E-state index >= 15 is 0 Å². The highest BCUT2D eigenvalue weighted by atomic mass is 16.5. The maximum atomic E-state index is 12.0. The molecule has 1 saturated heterocycles. The SMILES string of the molecule is CC(C)[C@@H]1CC[C@@H](C)C[C@H]1OC(=O)/C=C/CN1CCCC1. The summed E-state index contributed by atoms with van der Waals surface area (Å²) in [5.41, 5.74) is 0. The second-order valence-corrected chi connectivity index (χ2v) is 7.21. The van der Waals surface area contributed by atoms with Crippen LogP contribution in [0.4, 0.5) is 0 Å². The molecule has 0 bridgehead atoms. The number of rotatable bonds is 5. The van der Waals surface area contributed by atoms with E-state index in [1.54, 1.807) is 6.08 Å². The van der Waals surface area contributed by atoms with Crippen molar-refractivity contribution in [1.29, 1.82) is 0 Å². The number of likely N-dealkylation sites (tertiary alicyclic amines) is 1. The molecule has 3 atom stereocenters. The van der Waals surface area contributed by atoms with E-state index in [1.807, 2.05) is 6.08 Å². The molecule has 0 aromatic carbocycles. The summed E-state index contributed by atoms with van der Waals surface area (Å²) >= 11 is 0. The molecule has 0 unspecified atom stereocenters. The van der Waals surface area contributed by atoms with E-state index < -0.39 is 0 Å². The first-order valence-corrected chi connectivity index (χ1v) is 8.65. The summed E-state index contributed by atoms with van der Waals surface area (Å²) in [6.45, 7) is 9.95. The predicted molar refractivity (Wildman–Crippen MR) is 86.0 cm³/mol. The van der Waals surface area contributed by atoms with Crippen molar-refractivity contribution in [3.05, 3.63) is 12.2 Å². The average Bonchev–Trinajstić information content (AvgIpc) is 2.91. The zero-order valence-electron chi connectivity index (χ0n) is 13.9. The van der Waals surface area contributed by atoms with E-state index in [0.29, 0.717) is 17.8 Å². The van der Waals surface area contributed by atoms with Crippen LogP contribution in [0.5, 0.6) is 0 Å². The molecule has 2 aliphatic rings.